The van der Waals surface area contributed by atoms with Gasteiger partial charge < -0.3 is 0 Å². The first-order chi connectivity index (χ1) is 6.92. The molecule has 0 spiro atoms. The average molecular weight is 218 g/mol. The fourth-order valence-electron chi connectivity index (χ4n) is 1.30. The second kappa shape index (κ2) is 3.15. The number of nitrogens with zero attached hydrogens (tertiary/aromatic N) is 2. The Balaban J connectivity index is 2.62. The predicted octanol–water partition coefficient (Wildman–Crippen LogP) is 3.47. The highest BCUT2D eigenvalue weighted by molar-refractivity contribution is 7.73. The van der Waals surface area contributed by atoms with Crippen LogP contribution in [0.3, 0.4) is 0 Å². The van der Waals surface area contributed by atoms with Crippen molar-refractivity contribution in [3.8, 4) is 0 Å². The Bertz CT molecular complexity index is 555. The van der Waals surface area contributed by atoms with Gasteiger partial charge in [0.25, 0.3) is 0 Å². The quantitative estimate of drug-likeness (QED) is 0.540. The third-order valence-corrected chi connectivity index (χ3v) is 4.34. The molecule has 4 bridgehead atoms. The monoisotopic (exact) mass is 218 g/mol. The Morgan fingerprint density at radius 3 is 1.79 bits per heavy atom. The molecule has 0 aliphatic heterocycles. The number of hydrogen-bond acceptors (Lipinski definition) is 4. The summed E-state index contributed by atoms with van der Waals surface area (Å²) in [6.07, 6.45) is 3.66. The zero-order valence-corrected chi connectivity index (χ0v) is 8.81. The van der Waals surface area contributed by atoms with Gasteiger partial charge in [0.05, 0.1) is 11.0 Å². The van der Waals surface area contributed by atoms with Crippen LogP contribution in [0.5, 0.6) is 0 Å². The van der Waals surface area contributed by atoms with Crippen LogP contribution < -0.4 is 0 Å². The molecule has 14 heavy (non-hydrogen) atoms. The van der Waals surface area contributed by atoms with Crippen LogP contribution in [0.25, 0.3) is 20.4 Å². The van der Waals surface area contributed by atoms with Gasteiger partial charge in [-0.05, 0) is 24.3 Å². The van der Waals surface area contributed by atoms with Crippen LogP contribution in [0.2, 0.25) is 0 Å². The third kappa shape index (κ3) is 1.32. The van der Waals surface area contributed by atoms with Gasteiger partial charge in [-0.1, -0.05) is 20.7 Å². The van der Waals surface area contributed by atoms with Crippen LogP contribution >= 0.6 is 20.7 Å². The van der Waals surface area contributed by atoms with E-state index in [1.165, 1.54) is 9.40 Å². The van der Waals surface area contributed by atoms with E-state index in [1.54, 1.807) is 20.7 Å². The molecule has 3 aromatic heterocycles. The van der Waals surface area contributed by atoms with Gasteiger partial charge in [0.15, 0.2) is 0 Å². The van der Waals surface area contributed by atoms with E-state index in [-0.39, 0.29) is 0 Å². The van der Waals surface area contributed by atoms with Gasteiger partial charge in [0, 0.05) is 21.8 Å². The van der Waals surface area contributed by atoms with Gasteiger partial charge in [0.1, 0.15) is 0 Å². The van der Waals surface area contributed by atoms with Gasteiger partial charge in [-0.2, -0.15) is 0 Å². The normalized spacial score (nSPS) is 10.9. The molecule has 0 radical (unpaired) electrons. The fraction of sp³-hybridized carbons (Fsp3) is 0. The summed E-state index contributed by atoms with van der Waals surface area (Å²) in [6.45, 7) is 0. The van der Waals surface area contributed by atoms with Crippen LogP contribution in [-0.2, 0) is 0 Å². The van der Waals surface area contributed by atoms with Crippen molar-refractivity contribution in [2.24, 2.45) is 0 Å². The van der Waals surface area contributed by atoms with E-state index in [1.807, 2.05) is 24.5 Å². The summed E-state index contributed by atoms with van der Waals surface area (Å²) in [5.41, 5.74) is 1.91. The highest BCUT2D eigenvalue weighted by Crippen LogP contribution is 2.22. The molecule has 4 heteroatoms. The summed E-state index contributed by atoms with van der Waals surface area (Å²) in [5, 5.41) is 0. The van der Waals surface area contributed by atoms with E-state index in [9.17, 15) is 0 Å². The van der Waals surface area contributed by atoms with Crippen molar-refractivity contribution >= 4 is 41.1 Å². The van der Waals surface area contributed by atoms with Gasteiger partial charge in [-0.25, -0.2) is 0 Å². The van der Waals surface area contributed by atoms with Crippen LogP contribution in [-0.4, -0.2) is 9.97 Å². The van der Waals surface area contributed by atoms with Crippen LogP contribution in [0.4, 0.5) is 0 Å². The van der Waals surface area contributed by atoms with Gasteiger partial charge >= 0.3 is 0 Å². The van der Waals surface area contributed by atoms with Crippen molar-refractivity contribution < 1.29 is 0 Å². The number of pyridine rings is 2. The summed E-state index contributed by atoms with van der Waals surface area (Å²) < 4.78 is 2.46. The van der Waals surface area contributed by atoms with Crippen molar-refractivity contribution in [3.63, 3.8) is 0 Å². The lowest BCUT2D eigenvalue weighted by atomic mass is 10.3. The van der Waals surface area contributed by atoms with Crippen LogP contribution in [0.1, 0.15) is 0 Å². The molecule has 2 nitrogen and oxygen atoms in total. The molecule has 0 saturated heterocycles. The summed E-state index contributed by atoms with van der Waals surface area (Å²) in [7, 11) is 3.51. The van der Waals surface area contributed by atoms with Gasteiger partial charge in [0.2, 0.25) is 0 Å². The molecule has 0 aromatic carbocycles. The SMILES string of the molecule is c1cc2cc(n1)c1cc(ccn1)ss2. The van der Waals surface area contributed by atoms with Gasteiger partial charge in [-0.15, -0.1) is 0 Å². The Kier molecular flexibility index (Phi) is 1.82. The Hall–Kier alpha value is -1.26. The van der Waals surface area contributed by atoms with E-state index in [2.05, 4.69) is 22.1 Å². The van der Waals surface area contributed by atoms with Crippen molar-refractivity contribution in [2.45, 2.75) is 0 Å². The maximum absolute atomic E-state index is 4.30. The number of hydrogen-bond donors (Lipinski definition) is 0. The Morgan fingerprint density at radius 2 is 1.29 bits per heavy atom. The Morgan fingerprint density at radius 1 is 0.786 bits per heavy atom. The standard InChI is InChI=1S/C10H6N2S2/c1-3-11-9-5-7(1)13-14-8-2-4-12-10(9)6-8/h1-6H. The van der Waals surface area contributed by atoms with Crippen molar-refractivity contribution in [3.05, 3.63) is 36.7 Å². The minimum atomic E-state index is 0.956. The molecule has 0 N–H and O–H groups in total. The zero-order chi connectivity index (χ0) is 9.38. The average Bonchev–Trinajstić information content (AvgIpc) is 2.26. The number of rotatable bonds is 0. The largest absolute Gasteiger partial charge is 0.255 e. The molecule has 0 fully saturated rings. The first-order valence-electron chi connectivity index (χ1n) is 4.19. The lowest BCUT2D eigenvalue weighted by molar-refractivity contribution is 1.38. The molecular formula is C10H6N2S2. The first-order valence-corrected chi connectivity index (χ1v) is 6.34. The van der Waals surface area contributed by atoms with Crippen LogP contribution in [0.15, 0.2) is 36.7 Å². The molecule has 68 valence electrons. The minimum absolute atomic E-state index is 0.956. The second-order valence-electron chi connectivity index (χ2n) is 2.92. The highest BCUT2D eigenvalue weighted by Gasteiger charge is 1.95. The van der Waals surface area contributed by atoms with Gasteiger partial charge in [-0.3, -0.25) is 9.97 Å². The third-order valence-electron chi connectivity index (χ3n) is 1.96. The molecule has 3 heterocycles. The van der Waals surface area contributed by atoms with E-state index >= 15 is 0 Å². The molecule has 0 aliphatic carbocycles. The van der Waals surface area contributed by atoms with Crippen LogP contribution in [0, 0.1) is 0 Å². The van der Waals surface area contributed by atoms with E-state index in [0.29, 0.717) is 0 Å². The number of aromatic nitrogens is 2. The maximum Gasteiger partial charge on any atom is 0.0900 e. The van der Waals surface area contributed by atoms with Crippen molar-refractivity contribution in [1.82, 2.24) is 9.97 Å². The first kappa shape index (κ1) is 8.08. The summed E-state index contributed by atoms with van der Waals surface area (Å²) in [6, 6.07) is 8.19. The molecule has 0 aliphatic rings. The zero-order valence-electron chi connectivity index (χ0n) is 7.18. The molecular weight excluding hydrogens is 212 g/mol. The number of fused-ring (bicyclic) bond motifs is 5. The van der Waals surface area contributed by atoms with E-state index in [4.69, 9.17) is 0 Å². The molecule has 0 unspecified atom stereocenters. The fourth-order valence-corrected chi connectivity index (χ4v) is 3.25. The molecule has 0 atom stereocenters. The lowest BCUT2D eigenvalue weighted by Gasteiger charge is -1.95. The van der Waals surface area contributed by atoms with E-state index < -0.39 is 0 Å². The predicted molar refractivity (Wildman–Crippen MR) is 61.6 cm³/mol. The second-order valence-corrected chi connectivity index (χ2v) is 5.20. The smallest absolute Gasteiger partial charge is 0.0900 e. The van der Waals surface area contributed by atoms with E-state index in [0.717, 1.165) is 11.0 Å². The molecule has 0 amide bonds. The Labute approximate surface area is 87.9 Å². The van der Waals surface area contributed by atoms with Crippen molar-refractivity contribution in [1.29, 1.82) is 0 Å². The molecule has 0 saturated carbocycles. The topological polar surface area (TPSA) is 25.8 Å². The minimum Gasteiger partial charge on any atom is -0.255 e. The summed E-state index contributed by atoms with van der Waals surface area (Å²) >= 11 is 0. The van der Waals surface area contributed by atoms with Crippen molar-refractivity contribution in [2.75, 3.05) is 0 Å². The molecule has 3 aromatic rings. The summed E-state index contributed by atoms with van der Waals surface area (Å²) in [4.78, 5) is 8.60. The lowest BCUT2D eigenvalue weighted by Crippen LogP contribution is -1.78. The highest BCUT2D eigenvalue weighted by atomic mass is 32.9. The maximum atomic E-state index is 4.30. The summed E-state index contributed by atoms with van der Waals surface area (Å²) in [5.74, 6) is 0. The molecule has 3 rings (SSSR count).